The largest absolute Gasteiger partial charge is 0.490 e. The van der Waals surface area contributed by atoms with Crippen molar-refractivity contribution in [3.8, 4) is 11.5 Å². The molecule has 4 nitrogen and oxygen atoms in total. The van der Waals surface area contributed by atoms with Crippen molar-refractivity contribution in [2.24, 2.45) is 10.8 Å². The Morgan fingerprint density at radius 1 is 0.607 bits per heavy atom. The predicted molar refractivity (Wildman–Crippen MR) is 111 cm³/mol. The van der Waals surface area contributed by atoms with Crippen LogP contribution < -0.4 is 9.47 Å². The number of benzene rings is 2. The monoisotopic (exact) mass is 382 g/mol. The molecule has 0 aliphatic heterocycles. The molecule has 0 aliphatic rings. The van der Waals surface area contributed by atoms with E-state index in [1.165, 1.54) is 0 Å². The highest BCUT2D eigenvalue weighted by molar-refractivity contribution is 6.00. The number of hydrogen-bond acceptors (Lipinski definition) is 4. The average molecular weight is 383 g/mol. The summed E-state index contributed by atoms with van der Waals surface area (Å²) >= 11 is 0. The third kappa shape index (κ3) is 5.95. The number of ether oxygens (including phenoxy) is 2. The van der Waals surface area contributed by atoms with Crippen molar-refractivity contribution in [2.45, 2.75) is 41.5 Å². The lowest BCUT2D eigenvalue weighted by molar-refractivity contribution is 0.0852. The minimum atomic E-state index is -0.400. The zero-order chi connectivity index (χ0) is 20.9. The van der Waals surface area contributed by atoms with Gasteiger partial charge in [-0.15, -0.1) is 0 Å². The van der Waals surface area contributed by atoms with Crippen molar-refractivity contribution in [1.29, 1.82) is 0 Å². The van der Waals surface area contributed by atoms with Crippen molar-refractivity contribution in [2.75, 3.05) is 13.2 Å². The van der Waals surface area contributed by atoms with Crippen molar-refractivity contribution < 1.29 is 19.1 Å². The molecule has 0 radical (unpaired) electrons. The Kier molecular flexibility index (Phi) is 6.65. The van der Waals surface area contributed by atoms with E-state index < -0.39 is 10.8 Å². The molecule has 2 rings (SSSR count). The smallest absolute Gasteiger partial charge is 0.168 e. The van der Waals surface area contributed by atoms with Gasteiger partial charge in [-0.3, -0.25) is 9.59 Å². The molecule has 0 saturated carbocycles. The first-order valence-corrected chi connectivity index (χ1v) is 9.54. The van der Waals surface area contributed by atoms with Gasteiger partial charge in [0.2, 0.25) is 0 Å². The molecule has 0 amide bonds. The van der Waals surface area contributed by atoms with Gasteiger partial charge in [-0.2, -0.15) is 0 Å². The summed E-state index contributed by atoms with van der Waals surface area (Å²) < 4.78 is 11.3. The summed E-state index contributed by atoms with van der Waals surface area (Å²) in [7, 11) is 0. The summed E-state index contributed by atoms with van der Waals surface area (Å²) in [6, 6.07) is 14.3. The Bertz CT molecular complexity index is 732. The van der Waals surface area contributed by atoms with E-state index in [-0.39, 0.29) is 11.6 Å². The minimum Gasteiger partial charge on any atom is -0.490 e. The van der Waals surface area contributed by atoms with E-state index in [9.17, 15) is 9.59 Å². The van der Waals surface area contributed by atoms with Crippen LogP contribution in [-0.4, -0.2) is 24.8 Å². The van der Waals surface area contributed by atoms with E-state index >= 15 is 0 Å². The SMILES string of the molecule is CC(C)(C)C(=O)c1ccc(OCCOc2ccc(C(=O)C(C)(C)C)cc2)cc1. The second kappa shape index (κ2) is 8.59. The predicted octanol–water partition coefficient (Wildman–Crippen LogP) is 5.60. The molecule has 0 aliphatic carbocycles. The summed E-state index contributed by atoms with van der Waals surface area (Å²) in [6.07, 6.45) is 0. The number of hydrogen-bond donors (Lipinski definition) is 0. The van der Waals surface area contributed by atoms with Crippen molar-refractivity contribution in [1.82, 2.24) is 0 Å². The lowest BCUT2D eigenvalue weighted by atomic mass is 9.86. The molecule has 0 bridgehead atoms. The first kappa shape index (κ1) is 21.7. The van der Waals surface area contributed by atoms with Crippen LogP contribution >= 0.6 is 0 Å². The fourth-order valence-electron chi connectivity index (χ4n) is 2.59. The van der Waals surface area contributed by atoms with Crippen LogP contribution in [0.15, 0.2) is 48.5 Å². The second-order valence-electron chi connectivity index (χ2n) is 8.90. The molecule has 0 N–H and O–H groups in total. The van der Waals surface area contributed by atoms with Crippen LogP contribution in [0.5, 0.6) is 11.5 Å². The fraction of sp³-hybridized carbons (Fsp3) is 0.417. The van der Waals surface area contributed by atoms with Crippen molar-refractivity contribution in [3.05, 3.63) is 59.7 Å². The average Bonchev–Trinajstić information content (AvgIpc) is 2.63. The maximum Gasteiger partial charge on any atom is 0.168 e. The van der Waals surface area contributed by atoms with E-state index in [1.807, 2.05) is 41.5 Å². The quantitative estimate of drug-likeness (QED) is 0.462. The fourth-order valence-corrected chi connectivity index (χ4v) is 2.59. The van der Waals surface area contributed by atoms with Gasteiger partial charge in [-0.05, 0) is 48.5 Å². The van der Waals surface area contributed by atoms with Gasteiger partial charge in [0, 0.05) is 22.0 Å². The summed E-state index contributed by atoms with van der Waals surface area (Å²) in [5.41, 5.74) is 0.564. The first-order chi connectivity index (χ1) is 13.0. The topological polar surface area (TPSA) is 52.6 Å². The molecule has 2 aromatic carbocycles. The lowest BCUT2D eigenvalue weighted by Crippen LogP contribution is -2.20. The van der Waals surface area contributed by atoms with Crippen LogP contribution in [0.2, 0.25) is 0 Å². The van der Waals surface area contributed by atoms with Gasteiger partial charge < -0.3 is 9.47 Å². The molecule has 4 heteroatoms. The number of rotatable bonds is 7. The molecule has 0 heterocycles. The molecular weight excluding hydrogens is 352 g/mol. The molecule has 0 atom stereocenters. The van der Waals surface area contributed by atoms with E-state index in [0.717, 1.165) is 0 Å². The van der Waals surface area contributed by atoms with Gasteiger partial charge in [0.1, 0.15) is 24.7 Å². The van der Waals surface area contributed by atoms with Gasteiger partial charge in [0.05, 0.1) is 0 Å². The number of carbonyl (C=O) groups excluding carboxylic acids is 2. The Morgan fingerprint density at radius 3 is 1.14 bits per heavy atom. The molecule has 150 valence electrons. The number of ketones is 2. The van der Waals surface area contributed by atoms with Crippen LogP contribution in [-0.2, 0) is 0 Å². The second-order valence-corrected chi connectivity index (χ2v) is 8.90. The maximum atomic E-state index is 12.2. The third-order valence-corrected chi connectivity index (χ3v) is 4.22. The van der Waals surface area contributed by atoms with Crippen molar-refractivity contribution >= 4 is 11.6 Å². The van der Waals surface area contributed by atoms with Crippen LogP contribution in [0.25, 0.3) is 0 Å². The zero-order valence-electron chi connectivity index (χ0n) is 17.7. The van der Waals surface area contributed by atoms with Crippen LogP contribution in [0.3, 0.4) is 0 Å². The van der Waals surface area contributed by atoms with Gasteiger partial charge in [0.15, 0.2) is 11.6 Å². The van der Waals surface area contributed by atoms with Gasteiger partial charge >= 0.3 is 0 Å². The van der Waals surface area contributed by atoms with E-state index in [2.05, 4.69) is 0 Å². The summed E-state index contributed by atoms with van der Waals surface area (Å²) in [5.74, 6) is 1.60. The number of Topliss-reactive ketones (excluding diaryl/α,β-unsaturated/α-hetero) is 2. The maximum absolute atomic E-state index is 12.2. The van der Waals surface area contributed by atoms with Crippen LogP contribution in [0.4, 0.5) is 0 Å². The Morgan fingerprint density at radius 2 is 0.893 bits per heavy atom. The highest BCUT2D eigenvalue weighted by atomic mass is 16.5. The number of carbonyl (C=O) groups is 2. The molecule has 0 fully saturated rings. The van der Waals surface area contributed by atoms with Crippen LogP contribution in [0, 0.1) is 10.8 Å². The van der Waals surface area contributed by atoms with Gasteiger partial charge in [-0.1, -0.05) is 41.5 Å². The Labute approximate surface area is 167 Å². The normalized spacial score (nSPS) is 11.8. The van der Waals surface area contributed by atoms with E-state index in [0.29, 0.717) is 35.8 Å². The standard InChI is InChI=1S/C24H30O4/c1-23(2,3)21(25)17-7-11-19(12-8-17)27-15-16-28-20-13-9-18(10-14-20)22(26)24(4,5)6/h7-14H,15-16H2,1-6H3. The molecular formula is C24H30O4. The zero-order valence-corrected chi connectivity index (χ0v) is 17.7. The molecule has 0 spiro atoms. The Balaban J connectivity index is 1.81. The van der Waals surface area contributed by atoms with Gasteiger partial charge in [0.25, 0.3) is 0 Å². The summed E-state index contributed by atoms with van der Waals surface area (Å²) in [5, 5.41) is 0. The highest BCUT2D eigenvalue weighted by Gasteiger charge is 2.23. The summed E-state index contributed by atoms with van der Waals surface area (Å²) in [6.45, 7) is 12.2. The lowest BCUT2D eigenvalue weighted by Gasteiger charge is -2.17. The molecule has 0 aromatic heterocycles. The van der Waals surface area contributed by atoms with Crippen molar-refractivity contribution in [3.63, 3.8) is 0 Å². The molecule has 0 unspecified atom stereocenters. The first-order valence-electron chi connectivity index (χ1n) is 9.54. The minimum absolute atomic E-state index is 0.107. The molecule has 28 heavy (non-hydrogen) atoms. The highest BCUT2D eigenvalue weighted by Crippen LogP contribution is 2.23. The van der Waals surface area contributed by atoms with Gasteiger partial charge in [-0.25, -0.2) is 0 Å². The van der Waals surface area contributed by atoms with E-state index in [1.54, 1.807) is 48.5 Å². The van der Waals surface area contributed by atoms with E-state index in [4.69, 9.17) is 9.47 Å². The molecule has 0 saturated heterocycles. The third-order valence-electron chi connectivity index (χ3n) is 4.22. The van der Waals surface area contributed by atoms with Crippen LogP contribution in [0.1, 0.15) is 62.3 Å². The summed E-state index contributed by atoms with van der Waals surface area (Å²) in [4.78, 5) is 24.5. The Hall–Kier alpha value is -2.62. The molecule has 2 aromatic rings.